The molecule has 0 atom stereocenters. The fourth-order valence-electron chi connectivity index (χ4n) is 3.34. The number of rotatable bonds is 4. The van der Waals surface area contributed by atoms with Gasteiger partial charge in [-0.2, -0.15) is 0 Å². The van der Waals surface area contributed by atoms with Gasteiger partial charge in [0.15, 0.2) is 5.16 Å². The molecule has 0 fully saturated rings. The second-order valence-corrected chi connectivity index (χ2v) is 9.08. The quantitative estimate of drug-likeness (QED) is 0.297. The number of benzene rings is 1. The summed E-state index contributed by atoms with van der Waals surface area (Å²) in [6, 6.07) is 4.80. The van der Waals surface area contributed by atoms with E-state index in [-0.39, 0.29) is 11.3 Å². The van der Waals surface area contributed by atoms with Crippen LogP contribution < -0.4 is 11.2 Å². The van der Waals surface area contributed by atoms with Crippen LogP contribution in [-0.2, 0) is 19.2 Å². The standard InChI is InChI=1S/C21H20N2O4S2/c1-5-12-6-14-13(7-17(25)27-16(14)8-15(12)24)9-28-21-22-19-18(20(26)23(21)4)10(2)11(3)29-19/h6-8,24H,5,9H2,1-4H3. The molecule has 0 radical (unpaired) electrons. The first-order chi connectivity index (χ1) is 13.8. The van der Waals surface area contributed by atoms with Crippen molar-refractivity contribution in [2.24, 2.45) is 7.05 Å². The van der Waals surface area contributed by atoms with E-state index in [2.05, 4.69) is 4.98 Å². The lowest BCUT2D eigenvalue weighted by Crippen LogP contribution is -2.19. The van der Waals surface area contributed by atoms with E-state index in [1.807, 2.05) is 26.8 Å². The van der Waals surface area contributed by atoms with Crippen LogP contribution in [0.15, 0.2) is 37.4 Å². The molecule has 8 heteroatoms. The molecule has 0 bridgehead atoms. The fraction of sp³-hybridized carbons (Fsp3) is 0.286. The largest absolute Gasteiger partial charge is 0.508 e. The molecule has 0 spiro atoms. The Morgan fingerprint density at radius 2 is 1.97 bits per heavy atom. The van der Waals surface area contributed by atoms with Gasteiger partial charge in [-0.3, -0.25) is 9.36 Å². The van der Waals surface area contributed by atoms with Crippen molar-refractivity contribution in [1.82, 2.24) is 9.55 Å². The van der Waals surface area contributed by atoms with Crippen molar-refractivity contribution in [1.29, 1.82) is 0 Å². The normalized spacial score (nSPS) is 11.6. The highest BCUT2D eigenvalue weighted by molar-refractivity contribution is 7.98. The number of thioether (sulfide) groups is 1. The lowest BCUT2D eigenvalue weighted by Gasteiger charge is -2.10. The van der Waals surface area contributed by atoms with Crippen molar-refractivity contribution in [2.45, 2.75) is 38.1 Å². The van der Waals surface area contributed by atoms with Gasteiger partial charge in [0.2, 0.25) is 0 Å². The smallest absolute Gasteiger partial charge is 0.336 e. The van der Waals surface area contributed by atoms with E-state index in [4.69, 9.17) is 4.42 Å². The van der Waals surface area contributed by atoms with Gasteiger partial charge in [-0.05, 0) is 43.0 Å². The number of aromatic hydroxyl groups is 1. The average molecular weight is 429 g/mol. The molecule has 3 aromatic heterocycles. The van der Waals surface area contributed by atoms with Crippen LogP contribution in [0.5, 0.6) is 5.75 Å². The summed E-state index contributed by atoms with van der Waals surface area (Å²) in [4.78, 5) is 31.3. The lowest BCUT2D eigenvalue weighted by molar-refractivity contribution is 0.466. The molecular formula is C21H20N2O4S2. The van der Waals surface area contributed by atoms with Crippen LogP contribution in [0.25, 0.3) is 21.2 Å². The molecular weight excluding hydrogens is 408 g/mol. The number of hydrogen-bond donors (Lipinski definition) is 1. The first-order valence-corrected chi connectivity index (χ1v) is 11.0. The highest BCUT2D eigenvalue weighted by Crippen LogP contribution is 2.32. The minimum atomic E-state index is -0.474. The van der Waals surface area contributed by atoms with Crippen molar-refractivity contribution in [3.63, 3.8) is 0 Å². The fourth-order valence-corrected chi connectivity index (χ4v) is 5.37. The Morgan fingerprint density at radius 1 is 1.21 bits per heavy atom. The molecule has 0 aliphatic heterocycles. The van der Waals surface area contributed by atoms with E-state index in [9.17, 15) is 14.7 Å². The zero-order chi connectivity index (χ0) is 20.9. The Labute approximate surface area is 174 Å². The van der Waals surface area contributed by atoms with E-state index in [0.717, 1.165) is 31.8 Å². The van der Waals surface area contributed by atoms with Gasteiger partial charge in [-0.25, -0.2) is 9.78 Å². The maximum absolute atomic E-state index is 12.8. The minimum absolute atomic E-state index is 0.0602. The van der Waals surface area contributed by atoms with Crippen LogP contribution in [0.1, 0.15) is 28.5 Å². The minimum Gasteiger partial charge on any atom is -0.508 e. The number of nitrogens with zero attached hydrogens (tertiary/aromatic N) is 2. The second-order valence-electron chi connectivity index (χ2n) is 6.93. The van der Waals surface area contributed by atoms with Crippen molar-refractivity contribution in [3.8, 4) is 5.75 Å². The first kappa shape index (κ1) is 19.7. The van der Waals surface area contributed by atoms with Gasteiger partial charge >= 0.3 is 5.63 Å². The third-order valence-corrected chi connectivity index (χ3v) is 7.32. The van der Waals surface area contributed by atoms with Crippen molar-refractivity contribution in [2.75, 3.05) is 0 Å². The predicted molar refractivity (Wildman–Crippen MR) is 117 cm³/mol. The van der Waals surface area contributed by atoms with Gasteiger partial charge in [-0.1, -0.05) is 18.7 Å². The van der Waals surface area contributed by atoms with Gasteiger partial charge in [0, 0.05) is 35.2 Å². The summed E-state index contributed by atoms with van der Waals surface area (Å²) in [6.45, 7) is 5.89. The average Bonchev–Trinajstić information content (AvgIpc) is 2.96. The number of phenols is 1. The summed E-state index contributed by atoms with van der Waals surface area (Å²) in [5.41, 5.74) is 2.37. The summed E-state index contributed by atoms with van der Waals surface area (Å²) < 4.78 is 6.82. The van der Waals surface area contributed by atoms with Gasteiger partial charge in [0.05, 0.1) is 5.39 Å². The summed E-state index contributed by atoms with van der Waals surface area (Å²) in [7, 11) is 1.72. The van der Waals surface area contributed by atoms with Gasteiger partial charge in [0.1, 0.15) is 16.2 Å². The number of thiophene rings is 1. The molecule has 4 aromatic rings. The molecule has 0 saturated carbocycles. The second kappa shape index (κ2) is 7.35. The van der Waals surface area contributed by atoms with Crippen LogP contribution in [0, 0.1) is 13.8 Å². The molecule has 0 unspecified atom stereocenters. The topological polar surface area (TPSA) is 85.3 Å². The van der Waals surface area contributed by atoms with Crippen LogP contribution in [0.4, 0.5) is 0 Å². The third kappa shape index (κ3) is 3.36. The van der Waals surface area contributed by atoms with E-state index in [0.29, 0.717) is 28.3 Å². The number of aromatic nitrogens is 2. The monoisotopic (exact) mass is 428 g/mol. The van der Waals surface area contributed by atoms with E-state index < -0.39 is 5.63 Å². The Balaban J connectivity index is 1.78. The molecule has 29 heavy (non-hydrogen) atoms. The molecule has 0 aliphatic carbocycles. The summed E-state index contributed by atoms with van der Waals surface area (Å²) in [5, 5.41) is 12.1. The zero-order valence-corrected chi connectivity index (χ0v) is 18.2. The molecule has 0 aliphatic rings. The van der Waals surface area contributed by atoms with Gasteiger partial charge < -0.3 is 9.52 Å². The molecule has 0 saturated heterocycles. The summed E-state index contributed by atoms with van der Waals surface area (Å²) >= 11 is 2.92. The molecule has 4 rings (SSSR count). The lowest BCUT2D eigenvalue weighted by atomic mass is 10.1. The number of hydrogen-bond acceptors (Lipinski definition) is 7. The number of aryl methyl sites for hydroxylation is 3. The van der Waals surface area contributed by atoms with Crippen LogP contribution >= 0.6 is 23.1 Å². The van der Waals surface area contributed by atoms with E-state index in [1.54, 1.807) is 11.6 Å². The maximum atomic E-state index is 12.8. The summed E-state index contributed by atoms with van der Waals surface area (Å²) in [5.74, 6) is 0.566. The highest BCUT2D eigenvalue weighted by atomic mass is 32.2. The molecule has 1 N–H and O–H groups in total. The first-order valence-electron chi connectivity index (χ1n) is 9.18. The maximum Gasteiger partial charge on any atom is 0.336 e. The van der Waals surface area contributed by atoms with Crippen molar-refractivity contribution < 1.29 is 9.52 Å². The molecule has 0 amide bonds. The molecule has 1 aromatic carbocycles. The third-order valence-electron chi connectivity index (χ3n) is 5.14. The SMILES string of the molecule is CCc1cc2c(CSc3nc4sc(C)c(C)c4c(=O)n3C)cc(=O)oc2cc1O. The Bertz CT molecular complexity index is 1380. The molecule has 3 heterocycles. The molecule has 150 valence electrons. The Hall–Kier alpha value is -2.58. The van der Waals surface area contributed by atoms with Crippen LogP contribution in [0.2, 0.25) is 0 Å². The Morgan fingerprint density at radius 3 is 2.69 bits per heavy atom. The zero-order valence-electron chi connectivity index (χ0n) is 16.5. The van der Waals surface area contributed by atoms with E-state index >= 15 is 0 Å². The van der Waals surface area contributed by atoms with Crippen molar-refractivity contribution in [3.05, 3.63) is 60.5 Å². The number of phenolic OH excluding ortho intramolecular Hbond substituents is 1. The number of fused-ring (bicyclic) bond motifs is 2. The van der Waals surface area contributed by atoms with Crippen LogP contribution in [-0.4, -0.2) is 14.7 Å². The summed E-state index contributed by atoms with van der Waals surface area (Å²) in [6.07, 6.45) is 0.664. The van der Waals surface area contributed by atoms with E-state index in [1.165, 1.54) is 35.2 Å². The van der Waals surface area contributed by atoms with Gasteiger partial charge in [0.25, 0.3) is 5.56 Å². The van der Waals surface area contributed by atoms with Gasteiger partial charge in [-0.15, -0.1) is 11.3 Å². The Kier molecular flexibility index (Phi) is 5.00. The molecule has 6 nitrogen and oxygen atoms in total. The van der Waals surface area contributed by atoms with Crippen molar-refractivity contribution >= 4 is 44.3 Å². The highest BCUT2D eigenvalue weighted by Gasteiger charge is 2.16. The van der Waals surface area contributed by atoms with Crippen LogP contribution in [0.3, 0.4) is 0 Å². The predicted octanol–water partition coefficient (Wildman–Crippen LogP) is 4.28.